The highest BCUT2D eigenvalue weighted by molar-refractivity contribution is 8.13. The Morgan fingerprint density at radius 1 is 1.03 bits per heavy atom. The molecule has 0 saturated carbocycles. The number of aryl methyl sites for hydroxylation is 1. The number of aromatic nitrogens is 3. The highest BCUT2D eigenvalue weighted by atomic mass is 35.7. The Balaban J connectivity index is 1.87. The van der Waals surface area contributed by atoms with Gasteiger partial charge in [0, 0.05) is 33.9 Å². The third kappa shape index (κ3) is 5.82. The maximum atomic E-state index is 14.8. The molecule has 13 heteroatoms. The van der Waals surface area contributed by atoms with Crippen LogP contribution >= 0.6 is 10.7 Å². The SMILES string of the molecule is Cc1ccc(S(=O)(=O)n2cc(-c3cc(N[C@H](CS(=O)(=O)Cl)C(C)(C)C)c(F)cn3)c3cc(F)cnc32)cc1. The molecule has 4 aromatic rings. The number of halogens is 3. The summed E-state index contributed by atoms with van der Waals surface area (Å²) >= 11 is 0. The molecular weight excluding hydrogens is 558 g/mol. The number of nitrogens with zero attached hydrogens (tertiary/aromatic N) is 3. The lowest BCUT2D eigenvalue weighted by Gasteiger charge is -2.31. The molecule has 0 spiro atoms. The maximum Gasteiger partial charge on any atom is 0.269 e. The van der Waals surface area contributed by atoms with Gasteiger partial charge in [0.2, 0.25) is 9.05 Å². The molecule has 202 valence electrons. The first-order chi connectivity index (χ1) is 17.6. The lowest BCUT2D eigenvalue weighted by Crippen LogP contribution is -2.39. The molecule has 0 saturated heterocycles. The van der Waals surface area contributed by atoms with Gasteiger partial charge in [0.1, 0.15) is 5.82 Å². The van der Waals surface area contributed by atoms with E-state index in [9.17, 15) is 25.6 Å². The van der Waals surface area contributed by atoms with Crippen LogP contribution in [-0.4, -0.2) is 42.6 Å². The number of fused-ring (bicyclic) bond motifs is 1. The van der Waals surface area contributed by atoms with Crippen LogP contribution in [-0.2, 0) is 19.1 Å². The lowest BCUT2D eigenvalue weighted by molar-refractivity contribution is 0.359. The van der Waals surface area contributed by atoms with Crippen molar-refractivity contribution in [3.63, 3.8) is 0 Å². The minimum atomic E-state index is -4.13. The van der Waals surface area contributed by atoms with Crippen molar-refractivity contribution in [1.29, 1.82) is 0 Å². The fourth-order valence-electron chi connectivity index (χ4n) is 3.86. The van der Waals surface area contributed by atoms with Gasteiger partial charge in [0.05, 0.1) is 34.4 Å². The molecule has 0 aliphatic heterocycles. The van der Waals surface area contributed by atoms with Crippen molar-refractivity contribution in [2.45, 2.75) is 38.6 Å². The molecule has 0 fully saturated rings. The van der Waals surface area contributed by atoms with Crippen LogP contribution in [0.5, 0.6) is 0 Å². The minimum Gasteiger partial charge on any atom is -0.378 e. The predicted molar refractivity (Wildman–Crippen MR) is 143 cm³/mol. The maximum absolute atomic E-state index is 14.8. The van der Waals surface area contributed by atoms with Gasteiger partial charge in [-0.15, -0.1) is 0 Å². The van der Waals surface area contributed by atoms with E-state index in [4.69, 9.17) is 10.7 Å². The van der Waals surface area contributed by atoms with Gasteiger partial charge in [-0.05, 0) is 36.6 Å². The monoisotopic (exact) mass is 582 g/mol. The molecular formula is C25H25ClF2N4O4S2. The van der Waals surface area contributed by atoms with Crippen LogP contribution in [0.3, 0.4) is 0 Å². The molecule has 1 atom stereocenters. The van der Waals surface area contributed by atoms with Gasteiger partial charge in [-0.2, -0.15) is 0 Å². The second-order valence-electron chi connectivity index (χ2n) is 10.00. The molecule has 0 aliphatic carbocycles. The molecule has 0 aliphatic rings. The number of rotatable bonds is 7. The average molecular weight is 583 g/mol. The summed E-state index contributed by atoms with van der Waals surface area (Å²) in [5, 5.41) is 3.03. The highest BCUT2D eigenvalue weighted by Gasteiger charge is 2.30. The van der Waals surface area contributed by atoms with Crippen molar-refractivity contribution in [3.8, 4) is 11.3 Å². The van der Waals surface area contributed by atoms with E-state index < -0.39 is 47.9 Å². The molecule has 8 nitrogen and oxygen atoms in total. The van der Waals surface area contributed by atoms with Gasteiger partial charge in [0.25, 0.3) is 10.0 Å². The molecule has 0 radical (unpaired) electrons. The Morgan fingerprint density at radius 3 is 2.29 bits per heavy atom. The van der Waals surface area contributed by atoms with Crippen LogP contribution in [0.25, 0.3) is 22.3 Å². The molecule has 4 rings (SSSR count). The van der Waals surface area contributed by atoms with Crippen molar-refractivity contribution in [2.24, 2.45) is 5.41 Å². The summed E-state index contributed by atoms with van der Waals surface area (Å²) in [5.41, 5.74) is 0.412. The van der Waals surface area contributed by atoms with Crippen LogP contribution in [0.4, 0.5) is 14.5 Å². The van der Waals surface area contributed by atoms with Gasteiger partial charge >= 0.3 is 0 Å². The van der Waals surface area contributed by atoms with E-state index in [1.54, 1.807) is 32.9 Å². The Kier molecular flexibility index (Phi) is 7.28. The van der Waals surface area contributed by atoms with E-state index >= 15 is 0 Å². The topological polar surface area (TPSA) is 111 Å². The van der Waals surface area contributed by atoms with Gasteiger partial charge in [-0.3, -0.25) is 4.98 Å². The zero-order valence-corrected chi connectivity index (χ0v) is 23.3. The predicted octanol–water partition coefficient (Wildman–Crippen LogP) is 5.32. The number of pyridine rings is 2. The zero-order valence-electron chi connectivity index (χ0n) is 20.9. The number of hydrogen-bond acceptors (Lipinski definition) is 7. The van der Waals surface area contributed by atoms with E-state index in [0.717, 1.165) is 28.0 Å². The lowest BCUT2D eigenvalue weighted by atomic mass is 9.87. The molecule has 1 N–H and O–H groups in total. The van der Waals surface area contributed by atoms with Crippen LogP contribution in [0.2, 0.25) is 0 Å². The largest absolute Gasteiger partial charge is 0.378 e. The summed E-state index contributed by atoms with van der Waals surface area (Å²) in [6.07, 6.45) is 3.07. The summed E-state index contributed by atoms with van der Waals surface area (Å²) in [5.74, 6) is -1.95. The molecule has 0 unspecified atom stereocenters. The van der Waals surface area contributed by atoms with Gasteiger partial charge in [0.15, 0.2) is 11.5 Å². The minimum absolute atomic E-state index is 0.00222. The Hall–Kier alpha value is -3.09. The number of hydrogen-bond donors (Lipinski definition) is 1. The second kappa shape index (κ2) is 9.90. The van der Waals surface area contributed by atoms with E-state index in [0.29, 0.717) is 0 Å². The summed E-state index contributed by atoms with van der Waals surface area (Å²) in [6, 6.07) is 7.85. The van der Waals surface area contributed by atoms with Gasteiger partial charge in [-0.25, -0.2) is 34.6 Å². The first-order valence-electron chi connectivity index (χ1n) is 11.4. The number of nitrogens with one attached hydrogen (secondary N) is 1. The van der Waals surface area contributed by atoms with Crippen molar-refractivity contribution in [2.75, 3.05) is 11.1 Å². The Bertz CT molecular complexity index is 1730. The van der Waals surface area contributed by atoms with Crippen molar-refractivity contribution < 1.29 is 25.6 Å². The van der Waals surface area contributed by atoms with Crippen molar-refractivity contribution >= 4 is 46.5 Å². The smallest absolute Gasteiger partial charge is 0.269 e. The number of anilines is 1. The molecule has 1 aromatic carbocycles. The third-order valence-electron chi connectivity index (χ3n) is 6.03. The third-order valence-corrected chi connectivity index (χ3v) is 8.80. The molecule has 3 heterocycles. The quantitative estimate of drug-likeness (QED) is 0.294. The number of benzene rings is 1. The molecule has 0 bridgehead atoms. The highest BCUT2D eigenvalue weighted by Crippen LogP contribution is 2.34. The fraction of sp³-hybridized carbons (Fsp3) is 0.280. The van der Waals surface area contributed by atoms with Crippen LogP contribution in [0.1, 0.15) is 26.3 Å². The average Bonchev–Trinajstić information content (AvgIpc) is 3.18. The van der Waals surface area contributed by atoms with Gasteiger partial charge < -0.3 is 5.32 Å². The summed E-state index contributed by atoms with van der Waals surface area (Å²) in [4.78, 5) is 8.10. The zero-order chi connectivity index (χ0) is 28.0. The Labute approximate surface area is 224 Å². The molecule has 38 heavy (non-hydrogen) atoms. The van der Waals surface area contributed by atoms with E-state index in [1.165, 1.54) is 24.4 Å². The molecule has 0 amide bonds. The van der Waals surface area contributed by atoms with E-state index in [-0.39, 0.29) is 32.9 Å². The van der Waals surface area contributed by atoms with Crippen molar-refractivity contribution in [3.05, 3.63) is 72.2 Å². The normalized spacial score (nSPS) is 13.6. The summed E-state index contributed by atoms with van der Waals surface area (Å²) in [6.45, 7) is 7.13. The van der Waals surface area contributed by atoms with Crippen LogP contribution < -0.4 is 5.32 Å². The Morgan fingerprint density at radius 2 is 1.68 bits per heavy atom. The standard InChI is InChI=1S/C25H25ClF2N4O4S2/c1-15-5-7-17(8-6-15)38(35,36)32-13-19(18-9-16(27)11-30-24(18)32)21-10-22(20(28)12-29-21)31-23(25(2,3)4)14-37(26,33)34/h5-13,23H,14H2,1-4H3,(H,29,31)/t23-/m1/s1. The first kappa shape index (κ1) is 27.9. The molecule has 3 aromatic heterocycles. The van der Waals surface area contributed by atoms with Crippen molar-refractivity contribution in [1.82, 2.24) is 13.9 Å². The van der Waals surface area contributed by atoms with Crippen LogP contribution in [0.15, 0.2) is 59.9 Å². The first-order valence-corrected chi connectivity index (χ1v) is 15.3. The second-order valence-corrected chi connectivity index (χ2v) is 14.6. The fourth-order valence-corrected chi connectivity index (χ4v) is 6.54. The van der Waals surface area contributed by atoms with Crippen LogP contribution in [0, 0.1) is 24.0 Å². The summed E-state index contributed by atoms with van der Waals surface area (Å²) < 4.78 is 80.5. The van der Waals surface area contributed by atoms with Gasteiger partial charge in [-0.1, -0.05) is 38.5 Å². The van der Waals surface area contributed by atoms with E-state index in [2.05, 4.69) is 15.3 Å². The van der Waals surface area contributed by atoms with E-state index in [1.807, 2.05) is 6.92 Å². The summed E-state index contributed by atoms with van der Waals surface area (Å²) in [7, 11) is -2.58.